The Kier molecular flexibility index (Phi) is 6.68. The first-order valence-electron chi connectivity index (χ1n) is 7.18. The second kappa shape index (κ2) is 8.51. The topological polar surface area (TPSA) is 58.3 Å². The molecule has 2 aromatic rings. The van der Waals surface area contributed by atoms with E-state index in [1.165, 1.54) is 0 Å². The average molecular weight is 339 g/mol. The smallest absolute Gasteiger partial charge is 0.0818 e. The molecule has 3 nitrogen and oxygen atoms in total. The van der Waals surface area contributed by atoms with E-state index < -0.39 is 6.10 Å². The molecule has 0 unspecified atom stereocenters. The van der Waals surface area contributed by atoms with Crippen molar-refractivity contribution in [2.45, 2.75) is 25.1 Å². The van der Waals surface area contributed by atoms with E-state index in [9.17, 15) is 5.11 Å². The summed E-state index contributed by atoms with van der Waals surface area (Å²) in [5.74, 6) is 0. The lowest BCUT2D eigenvalue weighted by atomic mass is 10.0. The SMILES string of the molecule is N[C@@H](Cc1ccccc1)[C@H](O)CNCc1ccc(Cl)cc1Cl. The summed E-state index contributed by atoms with van der Waals surface area (Å²) in [5.41, 5.74) is 8.10. The van der Waals surface area contributed by atoms with Crippen LogP contribution < -0.4 is 11.1 Å². The fourth-order valence-electron chi connectivity index (χ4n) is 2.19. The molecule has 0 saturated carbocycles. The molecule has 0 aliphatic carbocycles. The summed E-state index contributed by atoms with van der Waals surface area (Å²) in [7, 11) is 0. The summed E-state index contributed by atoms with van der Waals surface area (Å²) in [6.07, 6.45) is 0.0251. The molecule has 0 radical (unpaired) electrons. The van der Waals surface area contributed by atoms with Gasteiger partial charge < -0.3 is 16.2 Å². The van der Waals surface area contributed by atoms with Gasteiger partial charge in [0.2, 0.25) is 0 Å². The highest BCUT2D eigenvalue weighted by Gasteiger charge is 2.15. The highest BCUT2D eigenvalue weighted by molar-refractivity contribution is 6.35. The van der Waals surface area contributed by atoms with Crippen molar-refractivity contribution in [2.75, 3.05) is 6.54 Å². The van der Waals surface area contributed by atoms with Gasteiger partial charge in [-0.15, -0.1) is 0 Å². The Bertz CT molecular complexity index is 592. The number of nitrogens with one attached hydrogen (secondary N) is 1. The molecule has 0 bridgehead atoms. The van der Waals surface area contributed by atoms with E-state index in [2.05, 4.69) is 5.32 Å². The van der Waals surface area contributed by atoms with Gasteiger partial charge in [0.05, 0.1) is 6.10 Å². The van der Waals surface area contributed by atoms with Crippen molar-refractivity contribution in [1.82, 2.24) is 5.32 Å². The van der Waals surface area contributed by atoms with Crippen LogP contribution in [0.5, 0.6) is 0 Å². The fraction of sp³-hybridized carbons (Fsp3) is 0.294. The predicted octanol–water partition coefficient (Wildman–Crippen LogP) is 3.01. The van der Waals surface area contributed by atoms with Gasteiger partial charge in [-0.3, -0.25) is 0 Å². The Morgan fingerprint density at radius 2 is 1.82 bits per heavy atom. The van der Waals surface area contributed by atoms with Gasteiger partial charge in [0.25, 0.3) is 0 Å². The van der Waals surface area contributed by atoms with E-state index in [0.29, 0.717) is 29.6 Å². The lowest BCUT2D eigenvalue weighted by Gasteiger charge is -2.19. The number of aliphatic hydroxyl groups excluding tert-OH is 1. The standard InChI is InChI=1S/C17H20Cl2N2O/c18-14-7-6-13(15(19)9-14)10-21-11-17(22)16(20)8-12-4-2-1-3-5-12/h1-7,9,16-17,21-22H,8,10-11,20H2/t16-,17+/m0/s1. The van der Waals surface area contributed by atoms with Crippen LogP contribution in [0.1, 0.15) is 11.1 Å². The summed E-state index contributed by atoms with van der Waals surface area (Å²) >= 11 is 12.0. The summed E-state index contributed by atoms with van der Waals surface area (Å²) in [6.45, 7) is 0.970. The number of benzene rings is 2. The molecular weight excluding hydrogens is 319 g/mol. The third-order valence-corrected chi connectivity index (χ3v) is 4.08. The van der Waals surface area contributed by atoms with Gasteiger partial charge in [-0.1, -0.05) is 59.6 Å². The zero-order chi connectivity index (χ0) is 15.9. The minimum atomic E-state index is -0.619. The lowest BCUT2D eigenvalue weighted by molar-refractivity contribution is 0.141. The Balaban J connectivity index is 1.78. The number of aliphatic hydroxyl groups is 1. The summed E-state index contributed by atoms with van der Waals surface area (Å²) in [5, 5.41) is 14.5. The molecule has 22 heavy (non-hydrogen) atoms. The molecule has 2 aromatic carbocycles. The van der Waals surface area contributed by atoms with Gasteiger partial charge in [0.15, 0.2) is 0 Å². The zero-order valence-electron chi connectivity index (χ0n) is 12.2. The van der Waals surface area contributed by atoms with Crippen molar-refractivity contribution in [3.63, 3.8) is 0 Å². The Morgan fingerprint density at radius 3 is 2.50 bits per heavy atom. The van der Waals surface area contributed by atoms with Gasteiger partial charge in [0.1, 0.15) is 0 Å². The summed E-state index contributed by atoms with van der Waals surface area (Å²) in [6, 6.07) is 15.0. The monoisotopic (exact) mass is 338 g/mol. The van der Waals surface area contributed by atoms with Crippen LogP contribution in [0.3, 0.4) is 0 Å². The van der Waals surface area contributed by atoms with Crippen molar-refractivity contribution in [2.24, 2.45) is 5.73 Å². The van der Waals surface area contributed by atoms with E-state index in [0.717, 1.165) is 11.1 Å². The normalized spacial score (nSPS) is 13.8. The molecule has 2 atom stereocenters. The van der Waals surface area contributed by atoms with Crippen molar-refractivity contribution in [1.29, 1.82) is 0 Å². The second-order valence-electron chi connectivity index (χ2n) is 5.29. The van der Waals surface area contributed by atoms with Crippen molar-refractivity contribution < 1.29 is 5.11 Å². The third-order valence-electron chi connectivity index (χ3n) is 3.49. The van der Waals surface area contributed by atoms with Crippen molar-refractivity contribution in [3.8, 4) is 0 Å². The molecule has 118 valence electrons. The molecule has 5 heteroatoms. The van der Waals surface area contributed by atoms with Crippen molar-refractivity contribution in [3.05, 3.63) is 69.7 Å². The Hall–Kier alpha value is -1.10. The van der Waals surface area contributed by atoms with Crippen LogP contribution in [-0.2, 0) is 13.0 Å². The maximum absolute atomic E-state index is 10.1. The van der Waals surface area contributed by atoms with E-state index in [4.69, 9.17) is 28.9 Å². The Morgan fingerprint density at radius 1 is 1.09 bits per heavy atom. The molecule has 0 amide bonds. The largest absolute Gasteiger partial charge is 0.390 e. The third kappa shape index (κ3) is 5.27. The van der Waals surface area contributed by atoms with Crippen molar-refractivity contribution >= 4 is 23.2 Å². The zero-order valence-corrected chi connectivity index (χ0v) is 13.7. The second-order valence-corrected chi connectivity index (χ2v) is 6.13. The molecule has 0 heterocycles. The highest BCUT2D eigenvalue weighted by atomic mass is 35.5. The maximum Gasteiger partial charge on any atom is 0.0818 e. The number of hydrogen-bond acceptors (Lipinski definition) is 3. The minimum Gasteiger partial charge on any atom is -0.390 e. The molecular formula is C17H20Cl2N2O. The first-order chi connectivity index (χ1) is 10.6. The average Bonchev–Trinajstić information content (AvgIpc) is 2.50. The molecule has 4 N–H and O–H groups in total. The number of halogens is 2. The number of nitrogens with two attached hydrogens (primary N) is 1. The van der Waals surface area contributed by atoms with Crippen LogP contribution >= 0.6 is 23.2 Å². The lowest BCUT2D eigenvalue weighted by Crippen LogP contribution is -2.43. The molecule has 0 fully saturated rings. The van der Waals surface area contributed by atoms with Crippen LogP contribution in [0.2, 0.25) is 10.0 Å². The molecule has 0 aliphatic heterocycles. The predicted molar refractivity (Wildman–Crippen MR) is 92.3 cm³/mol. The van der Waals surface area contributed by atoms with Gasteiger partial charge in [-0.05, 0) is 29.7 Å². The van der Waals surface area contributed by atoms with E-state index in [1.807, 2.05) is 36.4 Å². The summed E-state index contributed by atoms with van der Waals surface area (Å²) in [4.78, 5) is 0. The Labute approximate surface area is 141 Å². The first-order valence-corrected chi connectivity index (χ1v) is 7.94. The molecule has 0 saturated heterocycles. The minimum absolute atomic E-state index is 0.310. The van der Waals surface area contributed by atoms with Gasteiger partial charge in [0, 0.05) is 29.2 Å². The van der Waals surface area contributed by atoms with Gasteiger partial charge in [-0.25, -0.2) is 0 Å². The molecule has 0 spiro atoms. The number of rotatable bonds is 7. The molecule has 0 aliphatic rings. The maximum atomic E-state index is 10.1. The van der Waals surface area contributed by atoms with Crippen LogP contribution in [0, 0.1) is 0 Å². The van der Waals surface area contributed by atoms with Gasteiger partial charge in [-0.2, -0.15) is 0 Å². The van der Waals surface area contributed by atoms with E-state index >= 15 is 0 Å². The van der Waals surface area contributed by atoms with Crippen LogP contribution in [0.25, 0.3) is 0 Å². The van der Waals surface area contributed by atoms with Crippen LogP contribution in [0.15, 0.2) is 48.5 Å². The summed E-state index contributed by atoms with van der Waals surface area (Å²) < 4.78 is 0. The first kappa shape index (κ1) is 17.3. The number of hydrogen-bond donors (Lipinski definition) is 3. The van der Waals surface area contributed by atoms with E-state index in [1.54, 1.807) is 12.1 Å². The quantitative estimate of drug-likeness (QED) is 0.727. The van der Waals surface area contributed by atoms with Crippen LogP contribution in [-0.4, -0.2) is 23.8 Å². The molecule has 0 aromatic heterocycles. The highest BCUT2D eigenvalue weighted by Crippen LogP contribution is 2.20. The van der Waals surface area contributed by atoms with E-state index in [-0.39, 0.29) is 6.04 Å². The van der Waals surface area contributed by atoms with Gasteiger partial charge >= 0.3 is 0 Å². The molecule has 2 rings (SSSR count). The fourth-order valence-corrected chi connectivity index (χ4v) is 2.67. The van der Waals surface area contributed by atoms with Crippen LogP contribution in [0.4, 0.5) is 0 Å².